The highest BCUT2D eigenvalue weighted by molar-refractivity contribution is 5.64. The summed E-state index contributed by atoms with van der Waals surface area (Å²) in [5, 5.41) is 4.64. The number of hydrogen-bond acceptors (Lipinski definition) is 4. The molecule has 0 amide bonds. The molecule has 1 saturated heterocycles. The quantitative estimate of drug-likeness (QED) is 0.526. The summed E-state index contributed by atoms with van der Waals surface area (Å²) in [7, 11) is 2.18. The molecule has 5 heterocycles. The summed E-state index contributed by atoms with van der Waals surface area (Å²) in [6.07, 6.45) is 7.05. The van der Waals surface area contributed by atoms with Crippen LogP contribution in [0.1, 0.15) is 29.3 Å². The third-order valence-electron chi connectivity index (χ3n) is 6.59. The monoisotopic (exact) mass is 390 g/mol. The molecule has 0 spiro atoms. The molecule has 0 bridgehead atoms. The van der Waals surface area contributed by atoms with Crippen LogP contribution in [0.3, 0.4) is 0 Å². The van der Waals surface area contributed by atoms with Crippen molar-refractivity contribution in [2.24, 2.45) is 11.8 Å². The minimum absolute atomic E-state index is 0.309. The maximum absolute atomic E-state index is 14.9. The Bertz CT molecular complexity index is 1270. The Hall–Kier alpha value is -2.80. The Balaban J connectivity index is 1.42. The van der Waals surface area contributed by atoms with E-state index in [2.05, 4.69) is 27.0 Å². The molecule has 3 unspecified atom stereocenters. The van der Waals surface area contributed by atoms with Crippen molar-refractivity contribution in [2.45, 2.75) is 26.2 Å². The van der Waals surface area contributed by atoms with Gasteiger partial charge in [0.25, 0.3) is 0 Å². The molecular formula is C22H23FN6. The van der Waals surface area contributed by atoms with Crippen molar-refractivity contribution in [1.82, 2.24) is 28.9 Å². The van der Waals surface area contributed by atoms with Gasteiger partial charge in [-0.3, -0.25) is 0 Å². The van der Waals surface area contributed by atoms with Crippen LogP contribution in [0.15, 0.2) is 30.7 Å². The third kappa shape index (κ3) is 2.60. The van der Waals surface area contributed by atoms with Crippen LogP contribution in [0.25, 0.3) is 22.6 Å². The van der Waals surface area contributed by atoms with Crippen LogP contribution in [0.4, 0.5) is 4.39 Å². The average Bonchev–Trinajstić information content (AvgIpc) is 3.01. The molecule has 1 saturated carbocycles. The van der Waals surface area contributed by atoms with Gasteiger partial charge in [0.2, 0.25) is 0 Å². The number of aryl methyl sites for hydroxylation is 2. The predicted molar refractivity (Wildman–Crippen MR) is 108 cm³/mol. The van der Waals surface area contributed by atoms with Crippen molar-refractivity contribution in [3.05, 3.63) is 53.5 Å². The number of rotatable bonds is 2. The number of pyridine rings is 1. The summed E-state index contributed by atoms with van der Waals surface area (Å²) >= 11 is 0. The highest BCUT2D eigenvalue weighted by Gasteiger charge is 2.53. The van der Waals surface area contributed by atoms with Gasteiger partial charge in [-0.25, -0.2) is 18.9 Å². The number of halogens is 1. The number of likely N-dealkylation sites (tertiary alicyclic amines) is 1. The zero-order valence-corrected chi connectivity index (χ0v) is 16.8. The second-order valence-corrected chi connectivity index (χ2v) is 8.74. The van der Waals surface area contributed by atoms with E-state index in [4.69, 9.17) is 0 Å². The Morgan fingerprint density at radius 3 is 2.72 bits per heavy atom. The van der Waals surface area contributed by atoms with Gasteiger partial charge in [-0.1, -0.05) is 0 Å². The Kier molecular flexibility index (Phi) is 3.45. The van der Waals surface area contributed by atoms with E-state index in [0.29, 0.717) is 23.4 Å². The van der Waals surface area contributed by atoms with E-state index in [1.165, 1.54) is 12.5 Å². The number of nitrogens with zero attached hydrogens (tertiary/aromatic N) is 6. The molecule has 148 valence electrons. The molecule has 0 aromatic carbocycles. The SMILES string of the molecule is Cc1cn2nc(-c3cc(F)c4nc(C5C6CCN(C)CC65)cn4c3)cc(C)c2n1. The fourth-order valence-electron chi connectivity index (χ4n) is 5.11. The third-order valence-corrected chi connectivity index (χ3v) is 6.59. The number of fused-ring (bicyclic) bond motifs is 3. The summed E-state index contributed by atoms with van der Waals surface area (Å²) in [6, 6.07) is 3.50. The van der Waals surface area contributed by atoms with Gasteiger partial charge in [0.15, 0.2) is 17.1 Å². The molecule has 2 aliphatic rings. The van der Waals surface area contributed by atoms with Gasteiger partial charge >= 0.3 is 0 Å². The van der Waals surface area contributed by atoms with Crippen molar-refractivity contribution in [3.8, 4) is 11.3 Å². The Morgan fingerprint density at radius 2 is 1.90 bits per heavy atom. The average molecular weight is 390 g/mol. The standard InChI is InChI=1S/C22H23FN6/c1-12-6-18(26-29-8-13(2)24-21(12)29)14-7-17(23)22-25-19(11-28(22)9-14)20-15-4-5-27(3)10-16(15)20/h6-9,11,15-16,20H,4-5,10H2,1-3H3. The van der Waals surface area contributed by atoms with Gasteiger partial charge in [0, 0.05) is 30.4 Å². The van der Waals surface area contributed by atoms with E-state index >= 15 is 0 Å². The zero-order valence-electron chi connectivity index (χ0n) is 16.8. The minimum atomic E-state index is -0.309. The molecule has 1 aliphatic heterocycles. The fourth-order valence-corrected chi connectivity index (χ4v) is 5.11. The first-order chi connectivity index (χ1) is 14.0. The van der Waals surface area contributed by atoms with E-state index in [-0.39, 0.29) is 5.82 Å². The first-order valence-corrected chi connectivity index (χ1v) is 10.2. The van der Waals surface area contributed by atoms with Gasteiger partial charge in [-0.2, -0.15) is 5.10 Å². The van der Waals surface area contributed by atoms with Crippen LogP contribution in [0, 0.1) is 31.5 Å². The van der Waals surface area contributed by atoms with Gasteiger partial charge in [-0.15, -0.1) is 0 Å². The van der Waals surface area contributed by atoms with Crippen molar-refractivity contribution in [1.29, 1.82) is 0 Å². The fraction of sp³-hybridized carbons (Fsp3) is 0.409. The molecule has 6 nitrogen and oxygen atoms in total. The highest BCUT2D eigenvalue weighted by Crippen LogP contribution is 2.57. The first-order valence-electron chi connectivity index (χ1n) is 10.2. The highest BCUT2D eigenvalue weighted by atomic mass is 19.1. The largest absolute Gasteiger partial charge is 0.306 e. The maximum Gasteiger partial charge on any atom is 0.173 e. The van der Waals surface area contributed by atoms with Gasteiger partial charge in [0.1, 0.15) is 0 Å². The van der Waals surface area contributed by atoms with E-state index < -0.39 is 0 Å². The summed E-state index contributed by atoms with van der Waals surface area (Å²) in [4.78, 5) is 11.5. The lowest BCUT2D eigenvalue weighted by atomic mass is 10.1. The van der Waals surface area contributed by atoms with E-state index in [9.17, 15) is 4.39 Å². The lowest BCUT2D eigenvalue weighted by Gasteiger charge is -2.20. The first kappa shape index (κ1) is 17.1. The Labute approximate surface area is 168 Å². The maximum atomic E-state index is 14.9. The van der Waals surface area contributed by atoms with Crippen LogP contribution in [-0.2, 0) is 0 Å². The molecule has 4 aromatic rings. The Morgan fingerprint density at radius 1 is 1.03 bits per heavy atom. The second-order valence-electron chi connectivity index (χ2n) is 8.74. The van der Waals surface area contributed by atoms with E-state index in [0.717, 1.165) is 46.9 Å². The molecule has 0 N–H and O–H groups in total. The van der Waals surface area contributed by atoms with Crippen LogP contribution in [0.2, 0.25) is 0 Å². The van der Waals surface area contributed by atoms with Crippen molar-refractivity contribution < 1.29 is 4.39 Å². The summed E-state index contributed by atoms with van der Waals surface area (Å²) < 4.78 is 18.5. The van der Waals surface area contributed by atoms with E-state index in [1.54, 1.807) is 4.52 Å². The lowest BCUT2D eigenvalue weighted by molar-refractivity contribution is 0.265. The molecule has 0 radical (unpaired) electrons. The zero-order chi connectivity index (χ0) is 19.9. The number of imidazole rings is 2. The van der Waals surface area contributed by atoms with Crippen LogP contribution < -0.4 is 0 Å². The minimum Gasteiger partial charge on any atom is -0.306 e. The van der Waals surface area contributed by atoms with Gasteiger partial charge in [0.05, 0.1) is 23.3 Å². The molecule has 29 heavy (non-hydrogen) atoms. The topological polar surface area (TPSA) is 50.7 Å². The summed E-state index contributed by atoms with van der Waals surface area (Å²) in [5.74, 6) is 1.52. The van der Waals surface area contributed by atoms with E-state index in [1.807, 2.05) is 42.9 Å². The van der Waals surface area contributed by atoms with Crippen LogP contribution in [0.5, 0.6) is 0 Å². The van der Waals surface area contributed by atoms with Gasteiger partial charge in [-0.05, 0) is 63.4 Å². The molecule has 6 rings (SSSR count). The molecular weight excluding hydrogens is 367 g/mol. The second kappa shape index (κ2) is 5.86. The molecule has 7 heteroatoms. The van der Waals surface area contributed by atoms with Gasteiger partial charge < -0.3 is 9.30 Å². The number of piperidine rings is 1. The molecule has 1 aliphatic carbocycles. The van der Waals surface area contributed by atoms with Crippen molar-refractivity contribution in [3.63, 3.8) is 0 Å². The van der Waals surface area contributed by atoms with Crippen molar-refractivity contribution >= 4 is 11.3 Å². The van der Waals surface area contributed by atoms with Crippen LogP contribution in [-0.4, -0.2) is 49.0 Å². The van der Waals surface area contributed by atoms with Crippen LogP contribution >= 0.6 is 0 Å². The van der Waals surface area contributed by atoms with Crippen molar-refractivity contribution in [2.75, 3.05) is 20.1 Å². The molecule has 3 atom stereocenters. The predicted octanol–water partition coefficient (Wildman–Crippen LogP) is 3.47. The lowest BCUT2D eigenvalue weighted by Crippen LogP contribution is -2.26. The normalized spacial score (nSPS) is 24.3. The molecule has 2 fully saturated rings. The summed E-state index contributed by atoms with van der Waals surface area (Å²) in [5.41, 5.74) is 5.65. The number of aromatic nitrogens is 5. The number of hydrogen-bond donors (Lipinski definition) is 0. The molecule has 4 aromatic heterocycles. The smallest absolute Gasteiger partial charge is 0.173 e. The summed E-state index contributed by atoms with van der Waals surface area (Å²) in [6.45, 7) is 6.21.